The van der Waals surface area contributed by atoms with E-state index >= 15 is 0 Å². The molecule has 1 saturated carbocycles. The second kappa shape index (κ2) is 32.1. The van der Waals surface area contributed by atoms with Crippen LogP contribution in [0.1, 0.15) is 149 Å². The monoisotopic (exact) mass is 840 g/mol. The van der Waals surface area contributed by atoms with Crippen molar-refractivity contribution in [2.75, 3.05) is 54.1 Å². The zero-order valence-corrected chi connectivity index (χ0v) is 37.9. The Morgan fingerprint density at radius 3 is 2.12 bits per heavy atom. The Hall–Kier alpha value is -1.66. The van der Waals surface area contributed by atoms with Crippen molar-refractivity contribution in [2.45, 2.75) is 173 Å². The molecule has 2 aliphatic rings. The zero-order chi connectivity index (χ0) is 42.3. The quantitative estimate of drug-likeness (QED) is 0.0161. The van der Waals surface area contributed by atoms with E-state index in [9.17, 15) is 19.4 Å². The van der Waals surface area contributed by atoms with Crippen molar-refractivity contribution in [3.05, 3.63) is 48.6 Å². The second-order valence-electron chi connectivity index (χ2n) is 17.1. The van der Waals surface area contributed by atoms with Gasteiger partial charge in [0.25, 0.3) is 7.82 Å². The summed E-state index contributed by atoms with van der Waals surface area (Å²) in [4.78, 5) is 36.3. The van der Waals surface area contributed by atoms with Crippen LogP contribution in [0.3, 0.4) is 0 Å². The third-order valence-corrected chi connectivity index (χ3v) is 11.6. The van der Waals surface area contributed by atoms with Gasteiger partial charge in [-0.3, -0.25) is 9.36 Å². The predicted molar refractivity (Wildman–Crippen MR) is 231 cm³/mol. The van der Waals surface area contributed by atoms with Crippen LogP contribution in [0.4, 0.5) is 0 Å². The number of rotatable bonds is 37. The lowest BCUT2D eigenvalue weighted by molar-refractivity contribution is -0.870. The summed E-state index contributed by atoms with van der Waals surface area (Å²) in [7, 11) is 1.25. The molecule has 0 aromatic rings. The lowest BCUT2D eigenvalue weighted by Crippen LogP contribution is -2.37. The topological polar surface area (TPSA) is 133 Å². The van der Waals surface area contributed by atoms with E-state index in [0.29, 0.717) is 36.9 Å². The van der Waals surface area contributed by atoms with Gasteiger partial charge in [-0.1, -0.05) is 120 Å². The van der Waals surface area contributed by atoms with Crippen molar-refractivity contribution in [1.82, 2.24) is 0 Å². The van der Waals surface area contributed by atoms with Gasteiger partial charge in [0.05, 0.1) is 46.6 Å². The minimum Gasteiger partial charge on any atom is -0.756 e. The number of hydrogen-bond acceptors (Lipinski definition) is 10. The fraction of sp³-hybridized carbons (Fsp3) is 0.804. The van der Waals surface area contributed by atoms with E-state index in [1.165, 1.54) is 64.2 Å². The number of aliphatic hydroxyl groups is 1. The van der Waals surface area contributed by atoms with Crippen molar-refractivity contribution >= 4 is 13.8 Å². The number of quaternary nitrogens is 1. The van der Waals surface area contributed by atoms with E-state index in [1.54, 1.807) is 0 Å². The van der Waals surface area contributed by atoms with Gasteiger partial charge in [-0.05, 0) is 64.2 Å². The summed E-state index contributed by atoms with van der Waals surface area (Å²) in [6.45, 7) is 5.01. The van der Waals surface area contributed by atoms with E-state index in [-0.39, 0.29) is 50.3 Å². The van der Waals surface area contributed by atoms with E-state index < -0.39 is 26.0 Å². The van der Waals surface area contributed by atoms with E-state index in [2.05, 4.69) is 50.3 Å². The first-order valence-corrected chi connectivity index (χ1v) is 24.2. The van der Waals surface area contributed by atoms with Crippen LogP contribution in [0.15, 0.2) is 48.6 Å². The fourth-order valence-corrected chi connectivity index (χ4v) is 7.88. The van der Waals surface area contributed by atoms with Crippen LogP contribution in [0.2, 0.25) is 0 Å². The number of ether oxygens (including phenoxy) is 2. The van der Waals surface area contributed by atoms with Crippen molar-refractivity contribution in [2.24, 2.45) is 11.8 Å². The van der Waals surface area contributed by atoms with Gasteiger partial charge < -0.3 is 33.0 Å². The highest BCUT2D eigenvalue weighted by atomic mass is 31.2. The molecule has 2 bridgehead atoms. The summed E-state index contributed by atoms with van der Waals surface area (Å²) in [5.74, 6) is 0.0189. The number of aliphatic hydroxyl groups excluding tert-OH is 1. The Bertz CT molecular complexity index is 1220. The number of carbonyl (C=O) groups is 1. The number of phosphoric ester groups is 1. The first-order chi connectivity index (χ1) is 27.9. The number of unbranched alkanes of at least 4 members (excludes halogenated alkanes) is 13. The van der Waals surface area contributed by atoms with Crippen LogP contribution in [0, 0.1) is 11.8 Å². The van der Waals surface area contributed by atoms with Crippen molar-refractivity contribution in [3.63, 3.8) is 0 Å². The van der Waals surface area contributed by atoms with Crippen LogP contribution in [0.25, 0.3) is 0 Å². The number of phosphoric acid groups is 1. The number of carbonyl (C=O) groups excluding carboxylic acids is 1. The molecule has 1 heterocycles. The second-order valence-corrected chi connectivity index (χ2v) is 18.5. The van der Waals surface area contributed by atoms with Gasteiger partial charge in [0.1, 0.15) is 25.4 Å². The molecule has 1 N–H and O–H groups in total. The summed E-state index contributed by atoms with van der Waals surface area (Å²) in [6, 6.07) is 0. The highest BCUT2D eigenvalue weighted by Crippen LogP contribution is 2.45. The molecule has 0 amide bonds. The van der Waals surface area contributed by atoms with Gasteiger partial charge in [0, 0.05) is 31.3 Å². The molecule has 58 heavy (non-hydrogen) atoms. The molecule has 0 radical (unpaired) electrons. The Labute approximate surface area is 352 Å². The van der Waals surface area contributed by atoms with Crippen molar-refractivity contribution in [1.29, 1.82) is 0 Å². The van der Waals surface area contributed by atoms with Crippen molar-refractivity contribution in [3.8, 4) is 0 Å². The Morgan fingerprint density at radius 2 is 1.43 bits per heavy atom. The van der Waals surface area contributed by atoms with Gasteiger partial charge in [0.2, 0.25) is 0 Å². The summed E-state index contributed by atoms with van der Waals surface area (Å²) >= 11 is 0. The lowest BCUT2D eigenvalue weighted by atomic mass is 9.89. The molecule has 0 spiro atoms. The molecular formula is C46H82NO10P. The molecule has 1 saturated heterocycles. The van der Waals surface area contributed by atoms with E-state index in [1.807, 2.05) is 33.3 Å². The Morgan fingerprint density at radius 1 is 0.793 bits per heavy atom. The molecule has 7 atom stereocenters. The molecule has 2 rings (SSSR count). The minimum atomic E-state index is -4.58. The highest BCUT2D eigenvalue weighted by Gasteiger charge is 2.49. The lowest BCUT2D eigenvalue weighted by Gasteiger charge is -2.28. The number of esters is 1. The first-order valence-electron chi connectivity index (χ1n) is 22.7. The molecule has 0 aromatic carbocycles. The maximum absolute atomic E-state index is 12.8. The van der Waals surface area contributed by atoms with E-state index in [0.717, 1.165) is 44.9 Å². The normalized spacial score (nSPS) is 21.9. The number of nitrogens with zero attached hydrogens (tertiary/aromatic N) is 1. The summed E-state index contributed by atoms with van der Waals surface area (Å²) in [6.07, 6.45) is 37.4. The standard InChI is InChI=1S/C46H82NO10P/c1-6-8-10-11-12-13-14-15-16-17-18-19-20-21-24-28-35-52-38-41(39-54-58(50,51)53-36-34-47(3,4)5)55-46(49)31-27-23-22-26-30-42-43(45-37-44(42)56-57-45)33-32-40(48)29-25-9-7-2/h9,15-16,22,25-26,32-33,40-45,48H,6-8,10-14,17-21,23-24,27-31,34-39H2,1-5H3/b16-15-,25-9-,26-22-,33-32+. The molecule has 0 aromatic heterocycles. The molecular weight excluding hydrogens is 757 g/mol. The number of fused-ring (bicyclic) bond motifs is 2. The molecule has 1 aliphatic heterocycles. The van der Waals surface area contributed by atoms with Gasteiger partial charge >= 0.3 is 5.97 Å². The third-order valence-electron chi connectivity index (χ3n) is 10.7. The average Bonchev–Trinajstić information content (AvgIpc) is 3.78. The molecule has 336 valence electrons. The summed E-state index contributed by atoms with van der Waals surface area (Å²) in [5.41, 5.74) is 0. The summed E-state index contributed by atoms with van der Waals surface area (Å²) < 4.78 is 34.7. The van der Waals surface area contributed by atoms with Crippen LogP contribution in [0.5, 0.6) is 0 Å². The van der Waals surface area contributed by atoms with E-state index in [4.69, 9.17) is 28.3 Å². The number of likely N-dealkylation sites (N-methyl/N-ethyl adjacent to an activating group) is 1. The molecule has 7 unspecified atom stereocenters. The average molecular weight is 840 g/mol. The molecule has 11 nitrogen and oxygen atoms in total. The number of hydrogen-bond donors (Lipinski definition) is 1. The molecule has 2 fully saturated rings. The smallest absolute Gasteiger partial charge is 0.306 e. The predicted octanol–water partition coefficient (Wildman–Crippen LogP) is 9.89. The van der Waals surface area contributed by atoms with Crippen LogP contribution < -0.4 is 4.89 Å². The number of allylic oxidation sites excluding steroid dienone is 5. The van der Waals surface area contributed by atoms with Gasteiger partial charge in [-0.25, -0.2) is 9.78 Å². The van der Waals surface area contributed by atoms with Gasteiger partial charge in [0.15, 0.2) is 0 Å². The Kier molecular flexibility index (Phi) is 29.1. The fourth-order valence-electron chi connectivity index (χ4n) is 7.16. The maximum atomic E-state index is 12.8. The Balaban J connectivity index is 1.69. The summed E-state index contributed by atoms with van der Waals surface area (Å²) in [5, 5.41) is 10.3. The van der Waals surface area contributed by atoms with Crippen LogP contribution in [-0.4, -0.2) is 94.1 Å². The van der Waals surface area contributed by atoms with Crippen molar-refractivity contribution < 1.29 is 52.1 Å². The third kappa shape index (κ3) is 26.5. The van der Waals surface area contributed by atoms with Gasteiger partial charge in [-0.2, -0.15) is 0 Å². The minimum absolute atomic E-state index is 0.00505. The zero-order valence-electron chi connectivity index (χ0n) is 37.0. The van der Waals surface area contributed by atoms with Crippen LogP contribution >= 0.6 is 7.82 Å². The van der Waals surface area contributed by atoms with Crippen LogP contribution in [-0.2, 0) is 37.7 Å². The maximum Gasteiger partial charge on any atom is 0.306 e. The molecule has 12 heteroatoms. The van der Waals surface area contributed by atoms with Gasteiger partial charge in [-0.15, -0.1) is 0 Å². The highest BCUT2D eigenvalue weighted by molar-refractivity contribution is 7.45. The SMILES string of the molecule is CC/C=C\CC(O)/C=C/C1C2CC(OO2)C1C/C=C\CCCC(=O)OC(COCCCCCCCC/C=C\CCCCCCCC)COP(=O)([O-])OCC[N+](C)(C)C. The largest absolute Gasteiger partial charge is 0.756 e. The molecule has 1 aliphatic carbocycles. The first kappa shape index (κ1) is 52.5.